The molecule has 0 fully saturated rings. The Morgan fingerprint density at radius 1 is 1.04 bits per heavy atom. The van der Waals surface area contributed by atoms with Gasteiger partial charge in [0.15, 0.2) is 0 Å². The molecule has 25 heavy (non-hydrogen) atoms. The Labute approximate surface area is 144 Å². The van der Waals surface area contributed by atoms with E-state index in [4.69, 9.17) is 4.74 Å². The first-order valence-electron chi connectivity index (χ1n) is 7.61. The zero-order chi connectivity index (χ0) is 18.5. The van der Waals surface area contributed by atoms with Crippen LogP contribution in [-0.4, -0.2) is 21.6 Å². The van der Waals surface area contributed by atoms with Crippen LogP contribution in [0.4, 0.5) is 13.2 Å². The van der Waals surface area contributed by atoms with Crippen molar-refractivity contribution in [2.75, 3.05) is 13.2 Å². The zero-order valence-corrected chi connectivity index (χ0v) is 14.3. The highest BCUT2D eigenvalue weighted by molar-refractivity contribution is 7.89. The van der Waals surface area contributed by atoms with E-state index in [1.807, 2.05) is 25.1 Å². The van der Waals surface area contributed by atoms with Crippen LogP contribution in [0.15, 0.2) is 53.4 Å². The van der Waals surface area contributed by atoms with Crippen molar-refractivity contribution >= 4 is 10.0 Å². The van der Waals surface area contributed by atoms with Crippen molar-refractivity contribution in [1.29, 1.82) is 0 Å². The number of hydrogen-bond donors (Lipinski definition) is 1. The van der Waals surface area contributed by atoms with Gasteiger partial charge in [-0.15, -0.1) is 0 Å². The summed E-state index contributed by atoms with van der Waals surface area (Å²) in [6, 6.07) is 10.7. The van der Waals surface area contributed by atoms with Crippen molar-refractivity contribution < 1.29 is 26.3 Å². The summed E-state index contributed by atoms with van der Waals surface area (Å²) in [7, 11) is -3.88. The molecule has 0 radical (unpaired) electrons. The summed E-state index contributed by atoms with van der Waals surface area (Å²) in [5.74, 6) is 0.679. The van der Waals surface area contributed by atoms with Crippen LogP contribution >= 0.6 is 0 Å². The second-order valence-electron chi connectivity index (χ2n) is 5.21. The largest absolute Gasteiger partial charge is 0.494 e. The highest BCUT2D eigenvalue weighted by Gasteiger charge is 2.30. The van der Waals surface area contributed by atoms with Crippen molar-refractivity contribution in [2.45, 2.75) is 24.4 Å². The van der Waals surface area contributed by atoms with Crippen LogP contribution < -0.4 is 9.46 Å². The molecule has 0 aliphatic carbocycles. The van der Waals surface area contributed by atoms with Gasteiger partial charge in [-0.05, 0) is 49.2 Å². The normalized spacial score (nSPS) is 12.2. The molecule has 0 heterocycles. The highest BCUT2D eigenvalue weighted by Crippen LogP contribution is 2.29. The van der Waals surface area contributed by atoms with Crippen LogP contribution in [0, 0.1) is 0 Å². The molecule has 0 unspecified atom stereocenters. The van der Waals surface area contributed by atoms with Gasteiger partial charge in [0.25, 0.3) is 0 Å². The molecule has 4 nitrogen and oxygen atoms in total. The van der Waals surface area contributed by atoms with E-state index >= 15 is 0 Å². The molecular weight excluding hydrogens is 355 g/mol. The zero-order valence-electron chi connectivity index (χ0n) is 13.5. The van der Waals surface area contributed by atoms with Crippen molar-refractivity contribution in [2.24, 2.45) is 0 Å². The number of alkyl halides is 3. The predicted molar refractivity (Wildman–Crippen MR) is 87.9 cm³/mol. The number of nitrogens with one attached hydrogen (secondary N) is 1. The Hall–Kier alpha value is -2.06. The van der Waals surface area contributed by atoms with Gasteiger partial charge in [0.1, 0.15) is 5.75 Å². The van der Waals surface area contributed by atoms with E-state index in [0.29, 0.717) is 18.8 Å². The summed E-state index contributed by atoms with van der Waals surface area (Å²) in [5.41, 5.74) is -0.0449. The van der Waals surface area contributed by atoms with Gasteiger partial charge in [0, 0.05) is 6.54 Å². The molecule has 0 spiro atoms. The minimum atomic E-state index is -4.50. The second-order valence-corrected chi connectivity index (χ2v) is 6.98. The fraction of sp³-hybridized carbons (Fsp3) is 0.294. The van der Waals surface area contributed by atoms with E-state index in [2.05, 4.69) is 4.72 Å². The lowest BCUT2D eigenvalue weighted by molar-refractivity contribution is -0.137. The van der Waals surface area contributed by atoms with Gasteiger partial charge in [-0.3, -0.25) is 0 Å². The highest BCUT2D eigenvalue weighted by atomic mass is 32.2. The molecule has 0 aromatic heterocycles. The molecule has 2 aromatic rings. The average Bonchev–Trinajstić information content (AvgIpc) is 2.56. The van der Waals surface area contributed by atoms with Gasteiger partial charge >= 0.3 is 6.18 Å². The Kier molecular flexibility index (Phi) is 6.07. The second kappa shape index (κ2) is 7.88. The Bertz CT molecular complexity index is 803. The van der Waals surface area contributed by atoms with E-state index in [-0.39, 0.29) is 11.4 Å². The molecular formula is C17H18F3NO3S. The molecule has 136 valence electrons. The summed E-state index contributed by atoms with van der Waals surface area (Å²) in [4.78, 5) is -0.210. The van der Waals surface area contributed by atoms with Gasteiger partial charge in [-0.25, -0.2) is 13.1 Å². The standard InChI is InChI=1S/C17H18F3NO3S/c1-2-24-16-6-4-3-5-13(16)11-12-21-25(22,23)15-9-7-14(8-10-15)17(18,19)20/h3-10,21H,2,11-12H2,1H3. The molecule has 0 saturated carbocycles. The third-order valence-electron chi connectivity index (χ3n) is 3.45. The van der Waals surface area contributed by atoms with Crippen LogP contribution in [0.25, 0.3) is 0 Å². The number of sulfonamides is 1. The molecule has 2 aromatic carbocycles. The Balaban J connectivity index is 2.03. The number of hydrogen-bond acceptors (Lipinski definition) is 3. The van der Waals surface area contributed by atoms with Crippen LogP contribution in [-0.2, 0) is 22.6 Å². The minimum Gasteiger partial charge on any atom is -0.494 e. The Morgan fingerprint density at radius 2 is 1.68 bits per heavy atom. The van der Waals surface area contributed by atoms with E-state index in [1.54, 1.807) is 6.07 Å². The third-order valence-corrected chi connectivity index (χ3v) is 4.93. The smallest absolute Gasteiger partial charge is 0.416 e. The van der Waals surface area contributed by atoms with E-state index in [0.717, 1.165) is 29.8 Å². The van der Waals surface area contributed by atoms with Crippen molar-refractivity contribution in [1.82, 2.24) is 4.72 Å². The lowest BCUT2D eigenvalue weighted by atomic mass is 10.1. The summed E-state index contributed by atoms with van der Waals surface area (Å²) in [5, 5.41) is 0. The maximum Gasteiger partial charge on any atom is 0.416 e. The molecule has 1 N–H and O–H groups in total. The minimum absolute atomic E-state index is 0.105. The summed E-state index contributed by atoms with van der Waals surface area (Å²) >= 11 is 0. The fourth-order valence-electron chi connectivity index (χ4n) is 2.23. The van der Waals surface area contributed by atoms with Crippen molar-refractivity contribution in [3.63, 3.8) is 0 Å². The van der Waals surface area contributed by atoms with E-state index in [1.165, 1.54) is 0 Å². The summed E-state index contributed by atoms with van der Waals surface area (Å²) < 4.78 is 69.8. The van der Waals surface area contributed by atoms with Gasteiger partial charge in [-0.1, -0.05) is 18.2 Å². The quantitative estimate of drug-likeness (QED) is 0.806. The lowest BCUT2D eigenvalue weighted by Gasteiger charge is -2.11. The van der Waals surface area contributed by atoms with Crippen molar-refractivity contribution in [3.05, 3.63) is 59.7 Å². The van der Waals surface area contributed by atoms with Crippen LogP contribution in [0.2, 0.25) is 0 Å². The summed E-state index contributed by atoms with van der Waals surface area (Å²) in [6.45, 7) is 2.45. The predicted octanol–water partition coefficient (Wildman–Crippen LogP) is 3.63. The number of halogens is 3. The first kappa shape index (κ1) is 19.3. The lowest BCUT2D eigenvalue weighted by Crippen LogP contribution is -2.26. The van der Waals surface area contributed by atoms with Crippen molar-refractivity contribution in [3.8, 4) is 5.75 Å². The monoisotopic (exact) mass is 373 g/mol. The topological polar surface area (TPSA) is 55.4 Å². The van der Waals surface area contributed by atoms with E-state index < -0.39 is 21.8 Å². The molecule has 0 saturated heterocycles. The number of ether oxygens (including phenoxy) is 1. The molecule has 0 bridgehead atoms. The van der Waals surface area contributed by atoms with Crippen LogP contribution in [0.1, 0.15) is 18.1 Å². The molecule has 2 rings (SSSR count). The molecule has 0 atom stereocenters. The molecule has 0 aliphatic heterocycles. The van der Waals surface area contributed by atoms with Crippen LogP contribution in [0.3, 0.4) is 0 Å². The fourth-order valence-corrected chi connectivity index (χ4v) is 3.26. The first-order chi connectivity index (χ1) is 11.7. The van der Waals surface area contributed by atoms with Gasteiger partial charge in [0.2, 0.25) is 10.0 Å². The average molecular weight is 373 g/mol. The molecule has 8 heteroatoms. The van der Waals surface area contributed by atoms with Crippen LogP contribution in [0.5, 0.6) is 5.75 Å². The van der Waals surface area contributed by atoms with Gasteiger partial charge in [0.05, 0.1) is 17.1 Å². The Morgan fingerprint density at radius 3 is 2.28 bits per heavy atom. The third kappa shape index (κ3) is 5.20. The van der Waals surface area contributed by atoms with Gasteiger partial charge < -0.3 is 4.74 Å². The molecule has 0 amide bonds. The first-order valence-corrected chi connectivity index (χ1v) is 9.10. The maximum atomic E-state index is 12.5. The van der Waals surface area contributed by atoms with Gasteiger partial charge in [-0.2, -0.15) is 13.2 Å². The number of rotatable bonds is 7. The van der Waals surface area contributed by atoms with E-state index in [9.17, 15) is 21.6 Å². The summed E-state index contributed by atoms with van der Waals surface area (Å²) in [6.07, 6.45) is -4.10. The number of benzene rings is 2. The maximum absolute atomic E-state index is 12.5. The molecule has 0 aliphatic rings. The number of para-hydroxylation sites is 1. The SMILES string of the molecule is CCOc1ccccc1CCNS(=O)(=O)c1ccc(C(F)(F)F)cc1.